The van der Waals surface area contributed by atoms with Gasteiger partial charge in [0.1, 0.15) is 6.10 Å². The second-order valence-corrected chi connectivity index (χ2v) is 8.39. The lowest BCUT2D eigenvalue weighted by molar-refractivity contribution is -0.197. The highest BCUT2D eigenvalue weighted by molar-refractivity contribution is 5.79. The summed E-state index contributed by atoms with van der Waals surface area (Å²) in [5.41, 5.74) is 2.96. The summed E-state index contributed by atoms with van der Waals surface area (Å²) >= 11 is 0. The van der Waals surface area contributed by atoms with Gasteiger partial charge in [-0.05, 0) is 31.9 Å². The summed E-state index contributed by atoms with van der Waals surface area (Å²) in [6.45, 7) is 3.51. The fourth-order valence-corrected chi connectivity index (χ4v) is 4.32. The first-order chi connectivity index (χ1) is 14.8. The minimum atomic E-state index is -4.15. The van der Waals surface area contributed by atoms with E-state index in [0.29, 0.717) is 37.0 Å². The molecule has 0 amide bonds. The first kappa shape index (κ1) is 20.2. The van der Waals surface area contributed by atoms with Crippen LogP contribution in [0.25, 0.3) is 11.0 Å². The van der Waals surface area contributed by atoms with Crippen molar-refractivity contribution < 1.29 is 17.9 Å². The molecule has 0 unspecified atom stereocenters. The summed E-state index contributed by atoms with van der Waals surface area (Å²) in [6.07, 6.45) is -0.518. The van der Waals surface area contributed by atoms with Crippen LogP contribution in [0.15, 0.2) is 24.5 Å². The lowest BCUT2D eigenvalue weighted by Crippen LogP contribution is -2.40. The van der Waals surface area contributed by atoms with E-state index in [9.17, 15) is 13.2 Å². The Hall–Kier alpha value is -2.75. The highest BCUT2D eigenvalue weighted by atomic mass is 19.4. The maximum Gasteiger partial charge on any atom is 0.391 e. The molecule has 164 valence electrons. The molecule has 1 aliphatic heterocycles. The fourth-order valence-electron chi connectivity index (χ4n) is 4.32. The van der Waals surface area contributed by atoms with Gasteiger partial charge < -0.3 is 9.64 Å². The zero-order valence-electron chi connectivity index (χ0n) is 17.3. The minimum absolute atomic E-state index is 0.0599. The zero-order chi connectivity index (χ0) is 21.8. The molecule has 31 heavy (non-hydrogen) atoms. The molecule has 5 rings (SSSR count). The number of anilines is 1. The number of morpholine rings is 1. The fraction of sp³-hybridized carbons (Fsp3) is 0.524. The van der Waals surface area contributed by atoms with E-state index in [4.69, 9.17) is 9.72 Å². The predicted molar refractivity (Wildman–Crippen MR) is 108 cm³/mol. The van der Waals surface area contributed by atoms with E-state index in [2.05, 4.69) is 15.1 Å². The Morgan fingerprint density at radius 1 is 1.13 bits per heavy atom. The number of rotatable bonds is 3. The van der Waals surface area contributed by atoms with Gasteiger partial charge in [0.05, 0.1) is 31.0 Å². The summed E-state index contributed by atoms with van der Waals surface area (Å²) in [5.74, 6) is -1.01. The van der Waals surface area contributed by atoms with Gasteiger partial charge in [0.25, 0.3) is 0 Å². The van der Waals surface area contributed by atoms with Crippen LogP contribution in [0, 0.1) is 12.8 Å². The maximum absolute atomic E-state index is 13.1. The molecule has 2 aliphatic rings. The predicted octanol–water partition coefficient (Wildman–Crippen LogP) is 3.70. The summed E-state index contributed by atoms with van der Waals surface area (Å²) in [6, 6.07) is 3.72. The maximum atomic E-state index is 13.1. The van der Waals surface area contributed by atoms with Gasteiger partial charge in [0.2, 0.25) is 5.95 Å². The summed E-state index contributed by atoms with van der Waals surface area (Å²) in [5, 5.41) is 4.94. The second kappa shape index (κ2) is 7.44. The van der Waals surface area contributed by atoms with Crippen LogP contribution in [0.3, 0.4) is 0 Å². The molecule has 7 nitrogen and oxygen atoms in total. The Morgan fingerprint density at radius 3 is 2.65 bits per heavy atom. The van der Waals surface area contributed by atoms with Crippen molar-refractivity contribution in [1.29, 1.82) is 0 Å². The van der Waals surface area contributed by atoms with E-state index in [1.807, 2.05) is 37.2 Å². The van der Waals surface area contributed by atoms with Crippen LogP contribution in [0.4, 0.5) is 19.1 Å². The molecule has 3 aromatic rings. The zero-order valence-corrected chi connectivity index (χ0v) is 17.3. The number of ether oxygens (including phenoxy) is 1. The number of halogens is 3. The largest absolute Gasteiger partial charge is 0.391 e. The molecule has 1 aliphatic carbocycles. The van der Waals surface area contributed by atoms with Crippen LogP contribution in [0.5, 0.6) is 0 Å². The van der Waals surface area contributed by atoms with Gasteiger partial charge in [-0.1, -0.05) is 0 Å². The quantitative estimate of drug-likeness (QED) is 0.629. The van der Waals surface area contributed by atoms with Crippen molar-refractivity contribution in [3.05, 3.63) is 41.5 Å². The molecule has 4 heterocycles. The SMILES string of the molecule is Cc1ccc2c(C3CC(C(F)(F)F)C3)nc(N3CCO[C@H](c4cnn(C)c4)C3)nc2n1. The number of fused-ring (bicyclic) bond motifs is 1. The number of hydrogen-bond donors (Lipinski definition) is 0. The van der Waals surface area contributed by atoms with Crippen molar-refractivity contribution in [1.82, 2.24) is 24.7 Å². The van der Waals surface area contributed by atoms with Gasteiger partial charge in [0.15, 0.2) is 5.65 Å². The molecule has 3 aromatic heterocycles. The van der Waals surface area contributed by atoms with Gasteiger partial charge in [-0.25, -0.2) is 9.97 Å². The second-order valence-electron chi connectivity index (χ2n) is 8.39. The molecule has 0 N–H and O–H groups in total. The average molecular weight is 432 g/mol. The molecule has 0 bridgehead atoms. The van der Waals surface area contributed by atoms with Crippen molar-refractivity contribution in [2.24, 2.45) is 13.0 Å². The van der Waals surface area contributed by atoms with Crippen LogP contribution in [-0.4, -0.2) is 50.6 Å². The van der Waals surface area contributed by atoms with E-state index in [1.54, 1.807) is 10.9 Å². The molecular weight excluding hydrogens is 409 g/mol. The van der Waals surface area contributed by atoms with Gasteiger partial charge in [-0.2, -0.15) is 23.3 Å². The standard InChI is InChI=1S/C21H23F3N6O/c1-12-3-4-16-18(13-7-15(8-13)21(22,23)24)27-20(28-19(16)26-12)30-5-6-31-17(11-30)14-9-25-29(2)10-14/h3-4,9-10,13,15,17H,5-8,11H2,1-2H3/t13?,15?,17-/m0/s1. The summed E-state index contributed by atoms with van der Waals surface area (Å²) in [7, 11) is 1.85. The summed E-state index contributed by atoms with van der Waals surface area (Å²) < 4.78 is 46.8. The number of pyridine rings is 1. The van der Waals surface area contributed by atoms with Crippen molar-refractivity contribution in [3.8, 4) is 0 Å². The van der Waals surface area contributed by atoms with Crippen LogP contribution in [0.2, 0.25) is 0 Å². The van der Waals surface area contributed by atoms with Gasteiger partial charge in [-0.15, -0.1) is 0 Å². The third-order valence-corrected chi connectivity index (χ3v) is 6.15. The van der Waals surface area contributed by atoms with E-state index in [1.165, 1.54) is 0 Å². The van der Waals surface area contributed by atoms with Crippen molar-refractivity contribution >= 4 is 17.0 Å². The van der Waals surface area contributed by atoms with E-state index in [0.717, 1.165) is 16.6 Å². The number of alkyl halides is 3. The summed E-state index contributed by atoms with van der Waals surface area (Å²) in [4.78, 5) is 16.0. The first-order valence-corrected chi connectivity index (χ1v) is 10.3. The molecule has 1 saturated heterocycles. The van der Waals surface area contributed by atoms with Crippen LogP contribution >= 0.6 is 0 Å². The molecule has 2 fully saturated rings. The molecular formula is C21H23F3N6O. The molecule has 0 spiro atoms. The van der Waals surface area contributed by atoms with Crippen LogP contribution in [0.1, 0.15) is 41.8 Å². The van der Waals surface area contributed by atoms with Crippen molar-refractivity contribution in [2.45, 2.75) is 38.0 Å². The Bertz CT molecular complexity index is 1110. The Kier molecular flexibility index (Phi) is 4.84. The Balaban J connectivity index is 1.47. The van der Waals surface area contributed by atoms with E-state index >= 15 is 0 Å². The lowest BCUT2D eigenvalue weighted by Gasteiger charge is -2.37. The highest BCUT2D eigenvalue weighted by Crippen LogP contribution is 2.50. The van der Waals surface area contributed by atoms with Crippen molar-refractivity contribution in [3.63, 3.8) is 0 Å². The first-order valence-electron chi connectivity index (χ1n) is 10.3. The molecule has 1 saturated carbocycles. The molecule has 0 radical (unpaired) electrons. The van der Waals surface area contributed by atoms with Gasteiger partial charge >= 0.3 is 6.18 Å². The highest BCUT2D eigenvalue weighted by Gasteiger charge is 2.49. The normalized spacial score (nSPS) is 24.4. The number of aryl methyl sites for hydroxylation is 2. The smallest absolute Gasteiger partial charge is 0.370 e. The third-order valence-electron chi connectivity index (χ3n) is 6.15. The number of aromatic nitrogens is 5. The van der Waals surface area contributed by atoms with E-state index < -0.39 is 12.1 Å². The van der Waals surface area contributed by atoms with Crippen molar-refractivity contribution in [2.75, 3.05) is 24.6 Å². The minimum Gasteiger partial charge on any atom is -0.370 e. The monoisotopic (exact) mass is 432 g/mol. The van der Waals surface area contributed by atoms with E-state index in [-0.39, 0.29) is 24.9 Å². The Morgan fingerprint density at radius 2 is 1.94 bits per heavy atom. The number of nitrogens with zero attached hydrogens (tertiary/aromatic N) is 6. The molecule has 0 aromatic carbocycles. The third kappa shape index (κ3) is 3.84. The number of hydrogen-bond acceptors (Lipinski definition) is 6. The van der Waals surface area contributed by atoms with Gasteiger partial charge in [0, 0.05) is 42.4 Å². The topological polar surface area (TPSA) is 69.0 Å². The lowest BCUT2D eigenvalue weighted by atomic mass is 9.72. The Labute approximate surface area is 177 Å². The average Bonchev–Trinajstić information content (AvgIpc) is 3.12. The molecule has 10 heteroatoms. The molecule has 1 atom stereocenters. The van der Waals surface area contributed by atoms with Gasteiger partial charge in [-0.3, -0.25) is 4.68 Å². The van der Waals surface area contributed by atoms with Crippen LogP contribution < -0.4 is 4.90 Å². The van der Waals surface area contributed by atoms with Crippen LogP contribution in [-0.2, 0) is 11.8 Å².